The molecule has 2 nitrogen and oxygen atoms in total. The number of allylic oxidation sites excluding steroid dienone is 5. The minimum Gasteiger partial charge on any atom is -0.355 e. The van der Waals surface area contributed by atoms with E-state index in [1.807, 2.05) is 37.3 Å². The Labute approximate surface area is 109 Å². The molecular formula is C16H18N2. The lowest BCUT2D eigenvalue weighted by atomic mass is 10.1. The Morgan fingerprint density at radius 3 is 2.72 bits per heavy atom. The van der Waals surface area contributed by atoms with Crippen LogP contribution in [-0.4, -0.2) is 4.98 Å². The lowest BCUT2D eigenvalue weighted by Gasteiger charge is -2.12. The zero-order valence-corrected chi connectivity index (χ0v) is 10.7. The molecule has 2 heteroatoms. The van der Waals surface area contributed by atoms with Crippen LogP contribution in [0.25, 0.3) is 5.70 Å². The van der Waals surface area contributed by atoms with Crippen molar-refractivity contribution in [3.63, 3.8) is 0 Å². The summed E-state index contributed by atoms with van der Waals surface area (Å²) in [7, 11) is 0. The Morgan fingerprint density at radius 1 is 1.33 bits per heavy atom. The molecule has 1 heterocycles. The molecule has 0 radical (unpaired) electrons. The van der Waals surface area contributed by atoms with Crippen LogP contribution in [0.2, 0.25) is 0 Å². The molecule has 0 amide bonds. The summed E-state index contributed by atoms with van der Waals surface area (Å²) in [5.74, 6) is 0. The van der Waals surface area contributed by atoms with Crippen LogP contribution >= 0.6 is 0 Å². The molecule has 0 unspecified atom stereocenters. The Hall–Kier alpha value is -2.35. The van der Waals surface area contributed by atoms with Gasteiger partial charge in [-0.05, 0) is 31.2 Å². The van der Waals surface area contributed by atoms with Gasteiger partial charge in [0.15, 0.2) is 0 Å². The molecular weight excluding hydrogens is 220 g/mol. The number of aryl methyl sites for hydroxylation is 1. The van der Waals surface area contributed by atoms with Gasteiger partial charge in [-0.3, -0.25) is 4.98 Å². The van der Waals surface area contributed by atoms with E-state index in [4.69, 9.17) is 0 Å². The lowest BCUT2D eigenvalue weighted by Crippen LogP contribution is -2.10. The van der Waals surface area contributed by atoms with Gasteiger partial charge in [-0.25, -0.2) is 0 Å². The second-order valence-electron chi connectivity index (χ2n) is 3.69. The van der Waals surface area contributed by atoms with Crippen molar-refractivity contribution in [2.24, 2.45) is 0 Å². The Kier molecular flexibility index (Phi) is 5.39. The number of nitrogens with one attached hydrogen (secondary N) is 1. The van der Waals surface area contributed by atoms with Crippen molar-refractivity contribution in [1.29, 1.82) is 0 Å². The molecule has 1 aromatic rings. The fourth-order valence-electron chi connectivity index (χ4n) is 1.48. The molecule has 0 aromatic carbocycles. The van der Waals surface area contributed by atoms with Crippen molar-refractivity contribution < 1.29 is 0 Å². The van der Waals surface area contributed by atoms with Crippen LogP contribution in [0.4, 0.5) is 0 Å². The van der Waals surface area contributed by atoms with Gasteiger partial charge in [-0.2, -0.15) is 0 Å². The number of rotatable bonds is 6. The maximum Gasteiger partial charge on any atom is 0.0465 e. The molecule has 0 atom stereocenters. The zero-order valence-electron chi connectivity index (χ0n) is 10.7. The number of pyridine rings is 1. The highest BCUT2D eigenvalue weighted by atomic mass is 14.9. The fourth-order valence-corrected chi connectivity index (χ4v) is 1.48. The van der Waals surface area contributed by atoms with E-state index < -0.39 is 0 Å². The van der Waals surface area contributed by atoms with E-state index in [0.29, 0.717) is 0 Å². The number of aromatic nitrogens is 1. The highest BCUT2D eigenvalue weighted by Gasteiger charge is 2.03. The summed E-state index contributed by atoms with van der Waals surface area (Å²) in [6.07, 6.45) is 10.8. The van der Waals surface area contributed by atoms with Gasteiger partial charge >= 0.3 is 0 Å². The highest BCUT2D eigenvalue weighted by Crippen LogP contribution is 2.14. The van der Waals surface area contributed by atoms with Crippen LogP contribution in [0.3, 0.4) is 0 Å². The predicted molar refractivity (Wildman–Crippen MR) is 78.8 cm³/mol. The Balaban J connectivity index is 2.89. The van der Waals surface area contributed by atoms with Crippen LogP contribution in [0.1, 0.15) is 11.3 Å². The van der Waals surface area contributed by atoms with E-state index in [-0.39, 0.29) is 0 Å². The highest BCUT2D eigenvalue weighted by molar-refractivity contribution is 5.65. The Morgan fingerprint density at radius 2 is 2.11 bits per heavy atom. The average molecular weight is 238 g/mol. The second-order valence-corrected chi connectivity index (χ2v) is 3.69. The van der Waals surface area contributed by atoms with Crippen LogP contribution in [0.5, 0.6) is 0 Å². The molecule has 0 saturated heterocycles. The normalized spacial score (nSPS) is 11.3. The second kappa shape index (κ2) is 7.07. The van der Waals surface area contributed by atoms with Crippen molar-refractivity contribution in [3.8, 4) is 0 Å². The first-order valence-corrected chi connectivity index (χ1v) is 5.68. The first-order valence-electron chi connectivity index (χ1n) is 5.68. The SMILES string of the molecule is C=C/C=C\C(=C/C=C)NC(=C)c1cccnc1C. The monoisotopic (exact) mass is 238 g/mol. The molecule has 0 spiro atoms. The third-order valence-corrected chi connectivity index (χ3v) is 2.34. The first kappa shape index (κ1) is 13.7. The van der Waals surface area contributed by atoms with Crippen molar-refractivity contribution in [2.45, 2.75) is 6.92 Å². The van der Waals surface area contributed by atoms with E-state index in [0.717, 1.165) is 22.7 Å². The van der Waals surface area contributed by atoms with E-state index in [1.165, 1.54) is 0 Å². The molecule has 92 valence electrons. The van der Waals surface area contributed by atoms with Gasteiger partial charge in [-0.15, -0.1) is 0 Å². The third kappa shape index (κ3) is 3.91. The first-order chi connectivity index (χ1) is 8.69. The molecule has 0 aliphatic heterocycles. The molecule has 0 bridgehead atoms. The molecule has 1 N–H and O–H groups in total. The fraction of sp³-hybridized carbons (Fsp3) is 0.0625. The summed E-state index contributed by atoms with van der Waals surface area (Å²) in [6.45, 7) is 13.3. The summed E-state index contributed by atoms with van der Waals surface area (Å²) in [5, 5.41) is 3.23. The average Bonchev–Trinajstić information content (AvgIpc) is 2.36. The third-order valence-electron chi connectivity index (χ3n) is 2.34. The van der Waals surface area contributed by atoms with E-state index in [2.05, 4.69) is 30.0 Å². The quantitative estimate of drug-likeness (QED) is 0.763. The van der Waals surface area contributed by atoms with E-state index >= 15 is 0 Å². The molecule has 1 rings (SSSR count). The van der Waals surface area contributed by atoms with Crippen molar-refractivity contribution >= 4 is 5.70 Å². The molecule has 1 aromatic heterocycles. The van der Waals surface area contributed by atoms with E-state index in [1.54, 1.807) is 18.3 Å². The minimum atomic E-state index is 0.808. The van der Waals surface area contributed by atoms with Gasteiger partial charge in [0.2, 0.25) is 0 Å². The maximum absolute atomic E-state index is 4.24. The standard InChI is InChI=1S/C16H18N2/c1-5-7-10-15(9-6-2)18-14(4)16-11-8-12-17-13(16)3/h5-12,18H,1-2,4H2,3H3/b10-7-,15-9+. The number of hydrogen-bond donors (Lipinski definition) is 1. The van der Waals surface area contributed by atoms with Gasteiger partial charge in [0.1, 0.15) is 0 Å². The van der Waals surface area contributed by atoms with Gasteiger partial charge < -0.3 is 5.32 Å². The molecule has 0 fully saturated rings. The molecule has 0 aliphatic carbocycles. The summed E-state index contributed by atoms with van der Waals surface area (Å²) in [5.41, 5.74) is 3.65. The van der Waals surface area contributed by atoms with Crippen LogP contribution < -0.4 is 5.32 Å². The van der Waals surface area contributed by atoms with Gasteiger partial charge in [0.05, 0.1) is 0 Å². The Bertz CT molecular complexity index is 508. The lowest BCUT2D eigenvalue weighted by molar-refractivity contribution is 1.10. The van der Waals surface area contributed by atoms with Crippen molar-refractivity contribution in [1.82, 2.24) is 10.3 Å². The summed E-state index contributed by atoms with van der Waals surface area (Å²) in [4.78, 5) is 4.24. The maximum atomic E-state index is 4.24. The minimum absolute atomic E-state index is 0.808. The summed E-state index contributed by atoms with van der Waals surface area (Å²) >= 11 is 0. The largest absolute Gasteiger partial charge is 0.355 e. The predicted octanol–water partition coefficient (Wildman–Crippen LogP) is 3.76. The topological polar surface area (TPSA) is 24.9 Å². The van der Waals surface area contributed by atoms with Crippen molar-refractivity contribution in [3.05, 3.63) is 85.4 Å². The number of hydrogen-bond acceptors (Lipinski definition) is 2. The number of nitrogens with zero attached hydrogens (tertiary/aromatic N) is 1. The molecule has 0 saturated carbocycles. The van der Waals surface area contributed by atoms with Crippen LogP contribution in [0, 0.1) is 6.92 Å². The van der Waals surface area contributed by atoms with Crippen molar-refractivity contribution in [2.75, 3.05) is 0 Å². The van der Waals surface area contributed by atoms with Gasteiger partial charge in [0.25, 0.3) is 0 Å². The van der Waals surface area contributed by atoms with E-state index in [9.17, 15) is 0 Å². The van der Waals surface area contributed by atoms with Crippen LogP contribution in [0.15, 0.2) is 74.1 Å². The zero-order chi connectivity index (χ0) is 13.4. The smallest absolute Gasteiger partial charge is 0.0465 e. The van der Waals surface area contributed by atoms with Crippen LogP contribution in [-0.2, 0) is 0 Å². The molecule has 18 heavy (non-hydrogen) atoms. The van der Waals surface area contributed by atoms with Gasteiger partial charge in [0, 0.05) is 28.8 Å². The summed E-state index contributed by atoms with van der Waals surface area (Å²) in [6, 6.07) is 3.88. The molecule has 0 aliphatic rings. The summed E-state index contributed by atoms with van der Waals surface area (Å²) < 4.78 is 0. The van der Waals surface area contributed by atoms with Gasteiger partial charge in [-0.1, -0.05) is 38.0 Å².